The molecule has 1 aromatic carbocycles. The number of methoxy groups -OCH3 is 1. The lowest BCUT2D eigenvalue weighted by Crippen LogP contribution is -2.86. The van der Waals surface area contributed by atoms with E-state index in [1.165, 1.54) is 0 Å². The summed E-state index contributed by atoms with van der Waals surface area (Å²) in [6.07, 6.45) is 0.925. The summed E-state index contributed by atoms with van der Waals surface area (Å²) in [5.74, 6) is 0.861. The van der Waals surface area contributed by atoms with Gasteiger partial charge in [-0.3, -0.25) is 9.36 Å². The number of aromatic nitrogens is 2. The van der Waals surface area contributed by atoms with Crippen molar-refractivity contribution < 1.29 is 10.1 Å². The number of nitrogens with zero attached hydrogens (tertiary/aromatic N) is 2. The summed E-state index contributed by atoms with van der Waals surface area (Å²) in [4.78, 5) is 17.4. The molecule has 0 saturated carbocycles. The van der Waals surface area contributed by atoms with E-state index in [4.69, 9.17) is 9.72 Å². The summed E-state index contributed by atoms with van der Waals surface area (Å²) in [6, 6.07) is 7.73. The fourth-order valence-corrected chi connectivity index (χ4v) is 2.62. The van der Waals surface area contributed by atoms with Crippen LogP contribution in [0.15, 0.2) is 29.1 Å². The Labute approximate surface area is 125 Å². The minimum atomic E-state index is 0.0525. The largest absolute Gasteiger partial charge is 0.379 e. The van der Waals surface area contributed by atoms with Crippen molar-refractivity contribution in [2.24, 2.45) is 0 Å². The second kappa shape index (κ2) is 7.33. The smallest absolute Gasteiger partial charge is 0.261 e. The van der Waals surface area contributed by atoms with Crippen LogP contribution in [0.5, 0.6) is 0 Å². The highest BCUT2D eigenvalue weighted by molar-refractivity contribution is 5.77. The first-order valence-corrected chi connectivity index (χ1v) is 7.54. The van der Waals surface area contributed by atoms with Crippen LogP contribution in [-0.4, -0.2) is 29.8 Å². The molecule has 1 heterocycles. The SMILES string of the molecule is CC[C@@H]([NH2+]CCOC)c1nc2ccccc2c(=O)n1CC. The first-order chi connectivity index (χ1) is 10.2. The van der Waals surface area contributed by atoms with Gasteiger partial charge in [0.2, 0.25) is 0 Å². The molecule has 114 valence electrons. The van der Waals surface area contributed by atoms with E-state index < -0.39 is 0 Å². The molecule has 0 unspecified atom stereocenters. The van der Waals surface area contributed by atoms with Gasteiger partial charge in [-0.2, -0.15) is 0 Å². The molecule has 0 fully saturated rings. The van der Waals surface area contributed by atoms with Crippen LogP contribution in [0.4, 0.5) is 0 Å². The molecule has 2 N–H and O–H groups in total. The van der Waals surface area contributed by atoms with Crippen LogP contribution >= 0.6 is 0 Å². The number of nitrogens with two attached hydrogens (primary N) is 1. The molecule has 0 aliphatic heterocycles. The molecule has 0 radical (unpaired) electrons. The molecule has 5 nitrogen and oxygen atoms in total. The Kier molecular flexibility index (Phi) is 5.47. The highest BCUT2D eigenvalue weighted by Gasteiger charge is 2.20. The molecule has 1 atom stereocenters. The Bertz CT molecular complexity index is 652. The van der Waals surface area contributed by atoms with E-state index in [1.807, 2.05) is 31.2 Å². The Balaban J connectivity index is 2.48. The molecule has 0 aliphatic carbocycles. The van der Waals surface area contributed by atoms with Crippen LogP contribution in [0, 0.1) is 0 Å². The summed E-state index contributed by atoms with van der Waals surface area (Å²) in [5.41, 5.74) is 0.831. The Hall–Kier alpha value is -1.72. The zero-order chi connectivity index (χ0) is 15.2. The van der Waals surface area contributed by atoms with Crippen molar-refractivity contribution >= 4 is 10.9 Å². The lowest BCUT2D eigenvalue weighted by atomic mass is 10.1. The number of ether oxygens (including phenoxy) is 1. The van der Waals surface area contributed by atoms with Crippen LogP contribution < -0.4 is 10.9 Å². The summed E-state index contributed by atoms with van der Waals surface area (Å²) in [6.45, 7) is 6.31. The average Bonchev–Trinajstić information content (AvgIpc) is 2.52. The predicted molar refractivity (Wildman–Crippen MR) is 83.4 cm³/mol. The van der Waals surface area contributed by atoms with Gasteiger partial charge in [0.15, 0.2) is 5.82 Å². The first-order valence-electron chi connectivity index (χ1n) is 7.54. The fourth-order valence-electron chi connectivity index (χ4n) is 2.62. The minimum absolute atomic E-state index is 0.0525. The van der Waals surface area contributed by atoms with Crippen molar-refractivity contribution in [3.8, 4) is 0 Å². The van der Waals surface area contributed by atoms with Crippen molar-refractivity contribution in [3.63, 3.8) is 0 Å². The highest BCUT2D eigenvalue weighted by Crippen LogP contribution is 2.13. The number of quaternary nitrogens is 1. The van der Waals surface area contributed by atoms with Crippen LogP contribution in [0.3, 0.4) is 0 Å². The minimum Gasteiger partial charge on any atom is -0.379 e. The van der Waals surface area contributed by atoms with Gasteiger partial charge in [-0.15, -0.1) is 0 Å². The molecule has 2 aromatic rings. The normalized spacial score (nSPS) is 12.7. The summed E-state index contributed by atoms with van der Waals surface area (Å²) >= 11 is 0. The molecule has 0 amide bonds. The monoisotopic (exact) mass is 290 g/mol. The Morgan fingerprint density at radius 2 is 2.10 bits per heavy atom. The molecule has 0 aliphatic rings. The Morgan fingerprint density at radius 1 is 1.33 bits per heavy atom. The zero-order valence-electron chi connectivity index (χ0n) is 13.0. The second-order valence-corrected chi connectivity index (χ2v) is 5.07. The van der Waals surface area contributed by atoms with Crippen LogP contribution in [0.2, 0.25) is 0 Å². The van der Waals surface area contributed by atoms with Gasteiger partial charge in [0.25, 0.3) is 5.56 Å². The topological polar surface area (TPSA) is 60.7 Å². The quantitative estimate of drug-likeness (QED) is 0.776. The number of para-hydroxylation sites is 1. The number of fused-ring (bicyclic) bond motifs is 1. The molecule has 1 aromatic heterocycles. The Morgan fingerprint density at radius 3 is 2.76 bits per heavy atom. The van der Waals surface area contributed by atoms with Crippen molar-refractivity contribution in [2.45, 2.75) is 32.9 Å². The molecule has 0 saturated heterocycles. The van der Waals surface area contributed by atoms with Gasteiger partial charge < -0.3 is 10.1 Å². The molecular weight excluding hydrogens is 266 g/mol. The van der Waals surface area contributed by atoms with Gasteiger partial charge in [-0.1, -0.05) is 19.1 Å². The maximum atomic E-state index is 12.6. The lowest BCUT2D eigenvalue weighted by molar-refractivity contribution is -0.698. The number of hydrogen-bond donors (Lipinski definition) is 1. The van der Waals surface area contributed by atoms with Gasteiger partial charge in [0, 0.05) is 20.1 Å². The van der Waals surface area contributed by atoms with Gasteiger partial charge in [-0.25, -0.2) is 4.98 Å². The van der Waals surface area contributed by atoms with E-state index in [9.17, 15) is 4.79 Å². The standard InChI is InChI=1S/C16H23N3O2/c1-4-13(17-10-11-21-3)15-18-14-9-7-6-8-12(14)16(20)19(15)5-2/h6-9,13,17H,4-5,10-11H2,1-3H3/p+1/t13-/m1/s1. The van der Waals surface area contributed by atoms with Crippen LogP contribution in [0.1, 0.15) is 32.1 Å². The molecule has 5 heteroatoms. The second-order valence-electron chi connectivity index (χ2n) is 5.07. The van der Waals surface area contributed by atoms with Crippen molar-refractivity contribution in [1.29, 1.82) is 0 Å². The molecular formula is C16H24N3O2+. The molecule has 0 bridgehead atoms. The van der Waals surface area contributed by atoms with E-state index in [0.29, 0.717) is 18.5 Å². The highest BCUT2D eigenvalue weighted by atomic mass is 16.5. The summed E-state index contributed by atoms with van der Waals surface area (Å²) in [7, 11) is 1.70. The van der Waals surface area contributed by atoms with E-state index in [1.54, 1.807) is 11.7 Å². The lowest BCUT2D eigenvalue weighted by Gasteiger charge is -2.18. The molecule has 2 rings (SSSR count). The summed E-state index contributed by atoms with van der Waals surface area (Å²) in [5, 5.41) is 2.89. The fraction of sp³-hybridized carbons (Fsp3) is 0.500. The third-order valence-electron chi connectivity index (χ3n) is 3.75. The van der Waals surface area contributed by atoms with Gasteiger partial charge >= 0.3 is 0 Å². The van der Waals surface area contributed by atoms with Crippen LogP contribution in [0.25, 0.3) is 10.9 Å². The van der Waals surface area contributed by atoms with Gasteiger partial charge in [0.1, 0.15) is 6.04 Å². The van der Waals surface area contributed by atoms with Crippen molar-refractivity contribution in [3.05, 3.63) is 40.4 Å². The van der Waals surface area contributed by atoms with E-state index in [2.05, 4.69) is 12.2 Å². The van der Waals surface area contributed by atoms with Gasteiger partial charge in [0.05, 0.1) is 24.1 Å². The van der Waals surface area contributed by atoms with E-state index >= 15 is 0 Å². The maximum Gasteiger partial charge on any atom is 0.261 e. The third-order valence-corrected chi connectivity index (χ3v) is 3.75. The van der Waals surface area contributed by atoms with Crippen LogP contribution in [-0.2, 0) is 11.3 Å². The summed E-state index contributed by atoms with van der Waals surface area (Å²) < 4.78 is 6.89. The third kappa shape index (κ3) is 3.31. The predicted octanol–water partition coefficient (Wildman–Crippen LogP) is 1.08. The van der Waals surface area contributed by atoms with Crippen molar-refractivity contribution in [2.75, 3.05) is 20.3 Å². The number of hydrogen-bond acceptors (Lipinski definition) is 3. The maximum absolute atomic E-state index is 12.6. The van der Waals surface area contributed by atoms with E-state index in [-0.39, 0.29) is 11.6 Å². The van der Waals surface area contributed by atoms with Crippen molar-refractivity contribution in [1.82, 2.24) is 9.55 Å². The number of rotatable bonds is 7. The van der Waals surface area contributed by atoms with E-state index in [0.717, 1.165) is 24.3 Å². The number of benzene rings is 1. The molecule has 0 spiro atoms. The first kappa shape index (κ1) is 15.7. The zero-order valence-corrected chi connectivity index (χ0v) is 13.0. The van der Waals surface area contributed by atoms with Gasteiger partial charge in [-0.05, 0) is 19.1 Å². The average molecular weight is 290 g/mol. The molecule has 21 heavy (non-hydrogen) atoms.